The van der Waals surface area contributed by atoms with Crippen molar-refractivity contribution in [1.82, 2.24) is 20.2 Å². The van der Waals surface area contributed by atoms with Gasteiger partial charge < -0.3 is 18.9 Å². The van der Waals surface area contributed by atoms with E-state index < -0.39 is 5.97 Å². The Hall–Kier alpha value is -4.55. The van der Waals surface area contributed by atoms with Gasteiger partial charge in [0.25, 0.3) is 5.91 Å². The highest BCUT2D eigenvalue weighted by atomic mass is 35.5. The van der Waals surface area contributed by atoms with Crippen LogP contribution in [0, 0.1) is 0 Å². The lowest BCUT2D eigenvalue weighted by molar-refractivity contribution is -0.132. The summed E-state index contributed by atoms with van der Waals surface area (Å²) in [6.45, 7) is 3.76. The highest BCUT2D eigenvalue weighted by Crippen LogP contribution is 2.38. The van der Waals surface area contributed by atoms with Crippen molar-refractivity contribution in [3.63, 3.8) is 0 Å². The van der Waals surface area contributed by atoms with Crippen LogP contribution in [0.4, 0.5) is 0 Å². The van der Waals surface area contributed by atoms with Crippen LogP contribution in [0.5, 0.6) is 23.0 Å². The van der Waals surface area contributed by atoms with Gasteiger partial charge in [-0.2, -0.15) is 5.10 Å². The Morgan fingerprint density at radius 3 is 2.29 bits per heavy atom. The van der Waals surface area contributed by atoms with Gasteiger partial charge in [-0.05, 0) is 67.6 Å². The summed E-state index contributed by atoms with van der Waals surface area (Å²) >= 11 is 7.29. The molecule has 1 amide bonds. The van der Waals surface area contributed by atoms with E-state index >= 15 is 0 Å². The Morgan fingerprint density at radius 2 is 1.69 bits per heavy atom. The molecule has 0 atom stereocenters. The van der Waals surface area contributed by atoms with Crippen LogP contribution in [-0.2, 0) is 9.59 Å². The summed E-state index contributed by atoms with van der Waals surface area (Å²) in [6.07, 6.45) is 1.42. The summed E-state index contributed by atoms with van der Waals surface area (Å²) in [7, 11) is 2.87. The first-order chi connectivity index (χ1) is 20.3. The summed E-state index contributed by atoms with van der Waals surface area (Å²) in [5, 5.41) is 13.9. The topological polar surface area (TPSA) is 126 Å². The molecule has 0 spiro atoms. The number of nitrogens with zero attached hydrogens (tertiary/aromatic N) is 4. The highest BCUT2D eigenvalue weighted by Gasteiger charge is 2.18. The van der Waals surface area contributed by atoms with E-state index in [1.54, 1.807) is 24.3 Å². The average Bonchev–Trinajstić information content (AvgIpc) is 3.41. The van der Waals surface area contributed by atoms with Crippen LogP contribution >= 0.6 is 23.4 Å². The van der Waals surface area contributed by atoms with Gasteiger partial charge in [0.15, 0.2) is 22.5 Å². The first-order valence-corrected chi connectivity index (χ1v) is 14.0. The quantitative estimate of drug-likeness (QED) is 0.0761. The molecule has 0 bridgehead atoms. The molecule has 11 nitrogen and oxygen atoms in total. The molecule has 1 heterocycles. The normalized spacial score (nSPS) is 10.9. The molecule has 0 saturated carbocycles. The Balaban J connectivity index is 1.50. The molecule has 218 valence electrons. The predicted molar refractivity (Wildman–Crippen MR) is 160 cm³/mol. The number of aromatic nitrogens is 3. The lowest BCUT2D eigenvalue weighted by atomic mass is 10.2. The molecule has 0 aliphatic rings. The summed E-state index contributed by atoms with van der Waals surface area (Å²) in [5.41, 5.74) is 4.67. The second kappa shape index (κ2) is 14.4. The summed E-state index contributed by atoms with van der Waals surface area (Å²) in [4.78, 5) is 24.1. The van der Waals surface area contributed by atoms with Crippen LogP contribution in [-0.4, -0.2) is 59.4 Å². The van der Waals surface area contributed by atoms with E-state index in [9.17, 15) is 9.59 Å². The SMILES string of the molecule is CCOc1ccc(-n2c(SCC(=O)N/N=C\c3cc(OC)c(OC(C)=O)c(OC)c3)nnc2-c2ccc(Cl)cc2)cc1. The van der Waals surface area contributed by atoms with Gasteiger partial charge in [-0.3, -0.25) is 14.2 Å². The molecule has 4 aromatic rings. The van der Waals surface area contributed by atoms with Crippen molar-refractivity contribution in [3.05, 3.63) is 71.2 Å². The molecule has 42 heavy (non-hydrogen) atoms. The number of ether oxygens (including phenoxy) is 4. The Labute approximate surface area is 251 Å². The van der Waals surface area contributed by atoms with Crippen molar-refractivity contribution >= 4 is 41.5 Å². The number of hydrogen-bond donors (Lipinski definition) is 1. The molecule has 0 fully saturated rings. The van der Waals surface area contributed by atoms with Crippen LogP contribution in [0.25, 0.3) is 17.1 Å². The van der Waals surface area contributed by atoms with E-state index in [-0.39, 0.29) is 28.9 Å². The first kappa shape index (κ1) is 30.4. The van der Waals surface area contributed by atoms with Gasteiger partial charge in [-0.25, -0.2) is 5.43 Å². The molecule has 0 unspecified atom stereocenters. The van der Waals surface area contributed by atoms with E-state index in [1.165, 1.54) is 39.1 Å². The fourth-order valence-corrected chi connectivity index (χ4v) is 4.67. The van der Waals surface area contributed by atoms with Gasteiger partial charge in [-0.1, -0.05) is 23.4 Å². The third kappa shape index (κ3) is 7.59. The molecule has 0 radical (unpaired) electrons. The zero-order valence-electron chi connectivity index (χ0n) is 23.3. The molecule has 4 rings (SSSR count). The Kier molecular flexibility index (Phi) is 10.4. The average molecular weight is 610 g/mol. The van der Waals surface area contributed by atoms with Gasteiger partial charge >= 0.3 is 5.97 Å². The standard InChI is InChI=1S/C29H28ClN5O6S/c1-5-40-23-12-10-22(11-13-23)35-28(20-6-8-21(30)9-7-20)33-34-29(35)42-17-26(37)32-31-16-19-14-24(38-3)27(41-18(2)36)25(15-19)39-4/h6-16H,5,17H2,1-4H3,(H,32,37)/b31-16-. The Bertz CT molecular complexity index is 1550. The number of amides is 1. The van der Waals surface area contributed by atoms with Crippen LogP contribution in [0.1, 0.15) is 19.4 Å². The molecular formula is C29H28ClN5O6S. The van der Waals surface area contributed by atoms with Crippen molar-refractivity contribution in [1.29, 1.82) is 0 Å². The lowest BCUT2D eigenvalue weighted by Crippen LogP contribution is -2.20. The number of halogens is 1. The second-order valence-corrected chi connectivity index (χ2v) is 9.88. The summed E-state index contributed by atoms with van der Waals surface area (Å²) in [6, 6.07) is 18.0. The minimum atomic E-state index is -0.517. The molecule has 1 aromatic heterocycles. The number of nitrogens with one attached hydrogen (secondary N) is 1. The number of methoxy groups -OCH3 is 2. The van der Waals surface area contributed by atoms with Crippen LogP contribution in [0.2, 0.25) is 5.02 Å². The number of hydrazone groups is 1. The fourth-order valence-electron chi connectivity index (χ4n) is 3.80. The maximum atomic E-state index is 12.7. The van der Waals surface area contributed by atoms with E-state index in [1.807, 2.05) is 47.9 Å². The number of thioether (sulfide) groups is 1. The molecule has 0 aliphatic heterocycles. The first-order valence-electron chi connectivity index (χ1n) is 12.7. The van der Waals surface area contributed by atoms with Crippen LogP contribution < -0.4 is 24.4 Å². The highest BCUT2D eigenvalue weighted by molar-refractivity contribution is 7.99. The Morgan fingerprint density at radius 1 is 1.02 bits per heavy atom. The monoisotopic (exact) mass is 609 g/mol. The van der Waals surface area contributed by atoms with Crippen molar-refractivity contribution in [2.24, 2.45) is 5.10 Å². The van der Waals surface area contributed by atoms with Crippen molar-refractivity contribution < 1.29 is 28.5 Å². The number of benzene rings is 3. The molecular weight excluding hydrogens is 582 g/mol. The van der Waals surface area contributed by atoms with E-state index in [4.69, 9.17) is 30.5 Å². The minimum Gasteiger partial charge on any atom is -0.494 e. The summed E-state index contributed by atoms with van der Waals surface area (Å²) < 4.78 is 23.3. The molecule has 0 saturated heterocycles. The van der Waals surface area contributed by atoms with Crippen molar-refractivity contribution in [3.8, 4) is 40.1 Å². The zero-order valence-corrected chi connectivity index (χ0v) is 24.9. The third-order valence-corrected chi connectivity index (χ3v) is 6.79. The number of carbonyl (C=O) groups is 2. The maximum absolute atomic E-state index is 12.7. The second-order valence-electron chi connectivity index (χ2n) is 8.51. The number of hydrogen-bond acceptors (Lipinski definition) is 10. The number of esters is 1. The summed E-state index contributed by atoms with van der Waals surface area (Å²) in [5.74, 6) is 1.18. The van der Waals surface area contributed by atoms with Gasteiger partial charge in [0.05, 0.1) is 32.8 Å². The van der Waals surface area contributed by atoms with Crippen LogP contribution in [0.15, 0.2) is 70.9 Å². The lowest BCUT2D eigenvalue weighted by Gasteiger charge is -2.13. The van der Waals surface area contributed by atoms with Crippen molar-refractivity contribution in [2.75, 3.05) is 26.6 Å². The molecule has 1 N–H and O–H groups in total. The van der Waals surface area contributed by atoms with Gasteiger partial charge in [0.2, 0.25) is 5.75 Å². The predicted octanol–water partition coefficient (Wildman–Crippen LogP) is 5.17. The zero-order chi connectivity index (χ0) is 30.1. The number of rotatable bonds is 12. The van der Waals surface area contributed by atoms with E-state index in [0.717, 1.165) is 17.0 Å². The minimum absolute atomic E-state index is 0.0190. The molecule has 3 aromatic carbocycles. The number of carbonyl (C=O) groups excluding carboxylic acids is 2. The largest absolute Gasteiger partial charge is 0.494 e. The van der Waals surface area contributed by atoms with Crippen molar-refractivity contribution in [2.45, 2.75) is 19.0 Å². The fraction of sp³-hybridized carbons (Fsp3) is 0.207. The smallest absolute Gasteiger partial charge is 0.308 e. The van der Waals surface area contributed by atoms with Gasteiger partial charge in [0.1, 0.15) is 5.75 Å². The van der Waals surface area contributed by atoms with Gasteiger partial charge in [0, 0.05) is 28.8 Å². The van der Waals surface area contributed by atoms with E-state index in [0.29, 0.717) is 28.2 Å². The third-order valence-electron chi connectivity index (χ3n) is 5.61. The maximum Gasteiger partial charge on any atom is 0.308 e. The van der Waals surface area contributed by atoms with E-state index in [2.05, 4.69) is 20.7 Å². The van der Waals surface area contributed by atoms with Crippen LogP contribution in [0.3, 0.4) is 0 Å². The molecule has 13 heteroatoms. The molecule has 0 aliphatic carbocycles. The van der Waals surface area contributed by atoms with Gasteiger partial charge in [-0.15, -0.1) is 10.2 Å².